The maximum atomic E-state index is 11.6. The summed E-state index contributed by atoms with van der Waals surface area (Å²) in [6.45, 7) is 1.39. The minimum Gasteiger partial charge on any atom is -0.355 e. The third kappa shape index (κ3) is 5.51. The van der Waals surface area contributed by atoms with Crippen molar-refractivity contribution in [2.45, 2.75) is 44.7 Å². The first kappa shape index (κ1) is 23.8. The summed E-state index contributed by atoms with van der Waals surface area (Å²) in [7, 11) is -2.70. The largest absolute Gasteiger partial charge is 0.625 e. The fourth-order valence-electron chi connectivity index (χ4n) is 3.10. The number of benzene rings is 1. The van der Waals surface area contributed by atoms with Gasteiger partial charge in [0.25, 0.3) is 0 Å². The summed E-state index contributed by atoms with van der Waals surface area (Å²) in [5.74, 6) is -3.13. The molecule has 170 valence electrons. The number of hydrogen-bond donors (Lipinski definition) is 4. The number of halogens is 1. The van der Waals surface area contributed by atoms with Crippen LogP contribution in [0, 0.1) is 0 Å². The number of hydrogen-bond acceptors (Lipinski definition) is 9. The number of nitrogens with zero attached hydrogens (tertiary/aromatic N) is 1. The minimum atomic E-state index is -4.15. The van der Waals surface area contributed by atoms with Crippen LogP contribution in [0.5, 0.6) is 5.75 Å². The number of amides is 2. The Balaban J connectivity index is 1.67. The Kier molecular flexibility index (Phi) is 7.19. The molecule has 13 heteroatoms. The molecular weight excluding hydrogens is 455 g/mol. The minimum absolute atomic E-state index is 0.0705. The van der Waals surface area contributed by atoms with Gasteiger partial charge in [-0.25, -0.2) is 0 Å². The van der Waals surface area contributed by atoms with E-state index in [1.807, 2.05) is 0 Å². The first-order valence-electron chi connectivity index (χ1n) is 9.25. The highest BCUT2D eigenvalue weighted by Crippen LogP contribution is 2.63. The number of likely N-dealkylation sites (N-methyl/N-ethyl adjacent to an activating group) is 1. The maximum absolute atomic E-state index is 11.6. The zero-order valence-electron chi connectivity index (χ0n) is 16.7. The molecule has 0 radical (unpaired) electrons. The molecule has 1 saturated heterocycles. The molecular formula is C18H23ClN2O9P+. The highest BCUT2D eigenvalue weighted by Gasteiger charge is 2.60. The lowest BCUT2D eigenvalue weighted by Crippen LogP contribution is -2.46. The molecule has 3 rings (SSSR count). The third-order valence-electron chi connectivity index (χ3n) is 4.67. The number of ether oxygens (including phenoxy) is 1. The molecule has 0 spiro atoms. The maximum Gasteiger partial charge on any atom is 0.625 e. The van der Waals surface area contributed by atoms with Gasteiger partial charge in [0.05, 0.1) is 0 Å². The van der Waals surface area contributed by atoms with Crippen molar-refractivity contribution in [1.29, 1.82) is 0 Å². The smallest absolute Gasteiger partial charge is 0.355 e. The van der Waals surface area contributed by atoms with Crippen LogP contribution in [0.4, 0.5) is 0 Å². The van der Waals surface area contributed by atoms with E-state index in [-0.39, 0.29) is 36.7 Å². The zero-order chi connectivity index (χ0) is 22.8. The lowest BCUT2D eigenvalue weighted by molar-refractivity contribution is -0.351. The van der Waals surface area contributed by atoms with Gasteiger partial charge >= 0.3 is 14.1 Å². The number of carbonyl (C=O) groups excluding carboxylic acids is 2. The molecule has 1 fully saturated rings. The lowest BCUT2D eigenvalue weighted by Gasteiger charge is -2.30. The topological polar surface area (TPSA) is 147 Å². The number of fused-ring (bicyclic) bond motifs is 1. The van der Waals surface area contributed by atoms with Crippen LogP contribution in [-0.2, 0) is 30.0 Å². The molecule has 2 heterocycles. The van der Waals surface area contributed by atoms with Crippen LogP contribution in [0.2, 0.25) is 5.02 Å². The zero-order valence-corrected chi connectivity index (χ0v) is 18.4. The Labute approximate surface area is 183 Å². The van der Waals surface area contributed by atoms with Crippen molar-refractivity contribution in [1.82, 2.24) is 10.2 Å². The second-order valence-corrected chi connectivity index (χ2v) is 8.93. The Bertz CT molecular complexity index is 884. The SMILES string of the molecule is CNC(=O)/C(C)=C\N(C=O)C1CCC(C(O)(O)O[P+]2(O)OCc3cc(Cl)ccc3O2)O1. The van der Waals surface area contributed by atoms with E-state index in [9.17, 15) is 24.7 Å². The van der Waals surface area contributed by atoms with Crippen molar-refractivity contribution in [3.63, 3.8) is 0 Å². The first-order chi connectivity index (χ1) is 14.6. The molecule has 1 aromatic carbocycles. The second-order valence-electron chi connectivity index (χ2n) is 6.94. The lowest BCUT2D eigenvalue weighted by atomic mass is 10.2. The normalized spacial score (nSPS) is 26.1. The van der Waals surface area contributed by atoms with E-state index in [4.69, 9.17) is 29.9 Å². The van der Waals surface area contributed by atoms with Crippen LogP contribution < -0.4 is 9.84 Å². The van der Waals surface area contributed by atoms with Crippen LogP contribution in [0.1, 0.15) is 25.3 Å². The average Bonchev–Trinajstić information content (AvgIpc) is 3.22. The summed E-state index contributed by atoms with van der Waals surface area (Å²) in [6.07, 6.45) is -0.197. The van der Waals surface area contributed by atoms with Gasteiger partial charge in [0.15, 0.2) is 5.75 Å². The molecule has 2 aliphatic heterocycles. The molecule has 0 aromatic heterocycles. The molecule has 3 unspecified atom stereocenters. The predicted octanol–water partition coefficient (Wildman–Crippen LogP) is 1.19. The fraction of sp³-hybridized carbons (Fsp3) is 0.444. The molecule has 4 N–H and O–H groups in total. The summed E-state index contributed by atoms with van der Waals surface area (Å²) in [5.41, 5.74) is 0.805. The van der Waals surface area contributed by atoms with E-state index in [2.05, 4.69) is 5.32 Å². The van der Waals surface area contributed by atoms with E-state index in [1.165, 1.54) is 32.3 Å². The second kappa shape index (κ2) is 9.35. The number of aliphatic hydroxyl groups is 2. The van der Waals surface area contributed by atoms with Crippen LogP contribution in [-0.4, -0.2) is 57.7 Å². The van der Waals surface area contributed by atoms with Gasteiger partial charge in [0.1, 0.15) is 18.9 Å². The number of carbonyl (C=O) groups is 2. The van der Waals surface area contributed by atoms with Gasteiger partial charge in [-0.15, -0.1) is 4.52 Å². The molecule has 2 amide bonds. The van der Waals surface area contributed by atoms with Gasteiger partial charge in [-0.05, 0) is 38.0 Å². The highest BCUT2D eigenvalue weighted by atomic mass is 35.5. The predicted molar refractivity (Wildman–Crippen MR) is 108 cm³/mol. The molecule has 0 saturated carbocycles. The molecule has 1 aromatic rings. The summed E-state index contributed by atoms with van der Waals surface area (Å²) < 4.78 is 21.1. The number of nitrogens with one attached hydrogen (secondary N) is 1. The molecule has 3 atom stereocenters. The van der Waals surface area contributed by atoms with Crippen molar-refractivity contribution in [3.05, 3.63) is 40.6 Å². The monoisotopic (exact) mass is 477 g/mol. The van der Waals surface area contributed by atoms with Crippen molar-refractivity contribution in [3.8, 4) is 5.75 Å². The van der Waals surface area contributed by atoms with Gasteiger partial charge in [0, 0.05) is 29.4 Å². The van der Waals surface area contributed by atoms with Crippen molar-refractivity contribution < 1.29 is 43.0 Å². The Morgan fingerprint density at radius 3 is 2.84 bits per heavy atom. The van der Waals surface area contributed by atoms with E-state index in [0.717, 1.165) is 4.90 Å². The quantitative estimate of drug-likeness (QED) is 0.197. The molecule has 2 aliphatic rings. The van der Waals surface area contributed by atoms with Crippen molar-refractivity contribution >= 4 is 32.1 Å². The van der Waals surface area contributed by atoms with E-state index in [0.29, 0.717) is 17.0 Å². The molecule has 0 aliphatic carbocycles. The van der Waals surface area contributed by atoms with Gasteiger partial charge in [0.2, 0.25) is 12.3 Å². The van der Waals surface area contributed by atoms with E-state index in [1.54, 1.807) is 6.07 Å². The average molecular weight is 478 g/mol. The van der Waals surface area contributed by atoms with Crippen LogP contribution in [0.15, 0.2) is 30.0 Å². The Morgan fingerprint density at radius 2 is 2.16 bits per heavy atom. The Morgan fingerprint density at radius 1 is 1.42 bits per heavy atom. The van der Waals surface area contributed by atoms with Crippen molar-refractivity contribution in [2.24, 2.45) is 0 Å². The van der Waals surface area contributed by atoms with Gasteiger partial charge in [-0.3, -0.25) is 19.0 Å². The van der Waals surface area contributed by atoms with Crippen LogP contribution >= 0.6 is 19.8 Å². The molecule has 31 heavy (non-hydrogen) atoms. The highest BCUT2D eigenvalue weighted by molar-refractivity contribution is 7.55. The van der Waals surface area contributed by atoms with Crippen molar-refractivity contribution in [2.75, 3.05) is 7.05 Å². The van der Waals surface area contributed by atoms with Crippen LogP contribution in [0.25, 0.3) is 0 Å². The van der Waals surface area contributed by atoms with Gasteiger partial charge in [-0.2, -0.15) is 4.89 Å². The van der Waals surface area contributed by atoms with E-state index >= 15 is 0 Å². The summed E-state index contributed by atoms with van der Waals surface area (Å²) in [6, 6.07) is 4.61. The van der Waals surface area contributed by atoms with Gasteiger partial charge in [-0.1, -0.05) is 16.1 Å². The fourth-order valence-corrected chi connectivity index (χ4v) is 4.63. The Hall–Kier alpha value is -1.82. The van der Waals surface area contributed by atoms with Crippen LogP contribution in [0.3, 0.4) is 0 Å². The third-order valence-corrected chi connectivity index (χ3v) is 6.29. The first-order valence-corrected chi connectivity index (χ1v) is 11.1. The summed E-state index contributed by atoms with van der Waals surface area (Å²) in [4.78, 5) is 34.7. The standard InChI is InChI=1S/C18H22ClN2O9P/c1-11(17(23)20-2)8-21(10-22)16-6-5-15(28-16)18(24,25)30-31(26)27-9-12-7-13(19)3-4-14(12)29-31/h3-4,7-8,10,15-16,24-26H,5-6,9H2,1-2H3/p+1/b11-8-. The summed E-state index contributed by atoms with van der Waals surface area (Å²) in [5, 5.41) is 23.7. The molecule has 0 bridgehead atoms. The molecule has 11 nitrogen and oxygen atoms in total. The summed E-state index contributed by atoms with van der Waals surface area (Å²) >= 11 is 5.90. The van der Waals surface area contributed by atoms with E-state index < -0.39 is 26.5 Å². The number of rotatable bonds is 7. The van der Waals surface area contributed by atoms with Gasteiger partial charge < -0.3 is 20.3 Å².